The minimum Gasteiger partial charge on any atom is -0.487 e. The number of rotatable bonds is 5. The maximum Gasteiger partial charge on any atom is 0.320 e. The Morgan fingerprint density at radius 1 is 1.12 bits per heavy atom. The van der Waals surface area contributed by atoms with E-state index in [0.29, 0.717) is 11.6 Å². The molecule has 162 valence electrons. The van der Waals surface area contributed by atoms with Gasteiger partial charge in [-0.3, -0.25) is 15.3 Å². The lowest BCUT2D eigenvalue weighted by Gasteiger charge is -2.22. The molecule has 0 aromatic carbocycles. The number of amides is 2. The third-order valence-corrected chi connectivity index (χ3v) is 5.51. The van der Waals surface area contributed by atoms with Crippen molar-refractivity contribution in [2.75, 3.05) is 5.32 Å². The van der Waals surface area contributed by atoms with E-state index < -0.39 is 0 Å². The number of aryl methyl sites for hydroxylation is 1. The van der Waals surface area contributed by atoms with Gasteiger partial charge in [-0.2, -0.15) is 5.10 Å². The van der Waals surface area contributed by atoms with Crippen molar-refractivity contribution in [1.29, 1.82) is 0 Å². The van der Waals surface area contributed by atoms with Gasteiger partial charge in [0.2, 0.25) is 0 Å². The highest BCUT2D eigenvalue weighted by molar-refractivity contribution is 5.91. The van der Waals surface area contributed by atoms with Gasteiger partial charge >= 0.3 is 6.03 Å². The van der Waals surface area contributed by atoms with Crippen LogP contribution in [-0.2, 0) is 0 Å². The van der Waals surface area contributed by atoms with Crippen LogP contribution in [0.25, 0.3) is 16.6 Å². The first-order valence-electron chi connectivity index (χ1n) is 10.6. The minimum absolute atomic E-state index is 0.0726. The summed E-state index contributed by atoms with van der Waals surface area (Å²) in [5, 5.41) is 11.2. The van der Waals surface area contributed by atoms with E-state index in [4.69, 9.17) is 4.74 Å². The lowest BCUT2D eigenvalue weighted by molar-refractivity contribution is 0.174. The van der Waals surface area contributed by atoms with Gasteiger partial charge in [-0.25, -0.2) is 14.5 Å². The van der Waals surface area contributed by atoms with Crippen LogP contribution in [0.4, 0.5) is 10.6 Å². The number of ether oxygens (including phenoxy) is 1. The number of nitrogens with one attached hydrogen (secondary N) is 2. The van der Waals surface area contributed by atoms with Crippen LogP contribution in [-0.4, -0.2) is 42.9 Å². The van der Waals surface area contributed by atoms with E-state index >= 15 is 0 Å². The molecule has 0 unspecified atom stereocenters. The molecule has 1 fully saturated rings. The molecule has 4 heterocycles. The van der Waals surface area contributed by atoms with Gasteiger partial charge in [0.1, 0.15) is 17.7 Å². The number of fused-ring (bicyclic) bond motifs is 1. The Hall–Kier alpha value is -4.01. The Labute approximate surface area is 184 Å². The second kappa shape index (κ2) is 8.62. The molecule has 0 aliphatic heterocycles. The van der Waals surface area contributed by atoms with E-state index in [9.17, 15) is 4.79 Å². The predicted molar refractivity (Wildman–Crippen MR) is 120 cm³/mol. The highest BCUT2D eigenvalue weighted by atomic mass is 16.5. The van der Waals surface area contributed by atoms with Gasteiger partial charge in [0.15, 0.2) is 0 Å². The molecular weight excluding hydrogens is 406 g/mol. The normalized spacial score (nSPS) is 17.9. The number of urea groups is 1. The van der Waals surface area contributed by atoms with E-state index in [0.717, 1.165) is 41.5 Å². The first kappa shape index (κ1) is 19.9. The minimum atomic E-state index is -0.305. The van der Waals surface area contributed by atoms with Crippen molar-refractivity contribution in [3.05, 3.63) is 67.0 Å². The smallest absolute Gasteiger partial charge is 0.320 e. The molecule has 0 spiro atoms. The number of hydrogen-bond donors (Lipinski definition) is 2. The molecule has 2 atom stereocenters. The van der Waals surface area contributed by atoms with Crippen molar-refractivity contribution in [3.8, 4) is 11.4 Å². The largest absolute Gasteiger partial charge is 0.487 e. The molecule has 32 heavy (non-hydrogen) atoms. The molecule has 1 aliphatic rings. The zero-order valence-corrected chi connectivity index (χ0v) is 17.6. The molecule has 1 saturated carbocycles. The van der Waals surface area contributed by atoms with E-state index in [1.165, 1.54) is 0 Å². The molecule has 9 nitrogen and oxygen atoms in total. The Morgan fingerprint density at radius 3 is 2.91 bits per heavy atom. The lowest BCUT2D eigenvalue weighted by Crippen LogP contribution is -2.44. The van der Waals surface area contributed by atoms with Crippen molar-refractivity contribution in [2.24, 2.45) is 0 Å². The Kier molecular flexibility index (Phi) is 5.37. The Morgan fingerprint density at radius 2 is 2.06 bits per heavy atom. The Balaban J connectivity index is 1.26. The molecule has 9 heteroatoms. The fourth-order valence-electron chi connectivity index (χ4n) is 4.01. The quantitative estimate of drug-likeness (QED) is 0.502. The van der Waals surface area contributed by atoms with Crippen LogP contribution < -0.4 is 15.4 Å². The fraction of sp³-hybridized carbons (Fsp3) is 0.261. The molecule has 1 aliphatic carbocycles. The van der Waals surface area contributed by atoms with Crippen LogP contribution in [0.3, 0.4) is 0 Å². The van der Waals surface area contributed by atoms with Gasteiger partial charge in [-0.05, 0) is 56.5 Å². The topological polar surface area (TPSA) is 107 Å². The molecule has 0 radical (unpaired) electrons. The van der Waals surface area contributed by atoms with Crippen LogP contribution in [0.15, 0.2) is 61.3 Å². The number of anilines is 1. The van der Waals surface area contributed by atoms with Gasteiger partial charge in [0, 0.05) is 23.5 Å². The monoisotopic (exact) mass is 429 g/mol. The molecule has 4 aromatic heterocycles. The van der Waals surface area contributed by atoms with E-state index in [1.54, 1.807) is 35.7 Å². The second-order valence-electron chi connectivity index (χ2n) is 7.82. The van der Waals surface area contributed by atoms with Crippen LogP contribution in [0.5, 0.6) is 5.75 Å². The number of carbonyl (C=O) groups excluding carboxylic acids is 1. The van der Waals surface area contributed by atoms with Crippen molar-refractivity contribution < 1.29 is 9.53 Å². The SMILES string of the molecule is Cc1cc(-n2ncc3cc(NC(=O)N[C@H]4CCC[C@@H]4Oc4cccnc4)ncc32)ccn1. The van der Waals surface area contributed by atoms with Gasteiger partial charge in [-0.1, -0.05) is 0 Å². The summed E-state index contributed by atoms with van der Waals surface area (Å²) in [5.41, 5.74) is 2.67. The van der Waals surface area contributed by atoms with Crippen LogP contribution in [0, 0.1) is 6.92 Å². The first-order chi connectivity index (χ1) is 15.7. The van der Waals surface area contributed by atoms with Gasteiger partial charge in [-0.15, -0.1) is 0 Å². The summed E-state index contributed by atoms with van der Waals surface area (Å²) in [6.07, 6.45) is 11.3. The average molecular weight is 429 g/mol. The third kappa shape index (κ3) is 4.22. The number of hydrogen-bond acceptors (Lipinski definition) is 6. The number of pyridine rings is 3. The van der Waals surface area contributed by atoms with Gasteiger partial charge in [0.05, 0.1) is 35.8 Å². The standard InChI is InChI=1S/C23H23N7O2/c1-15-10-17(7-9-25-15)30-20-14-26-22(11-16(20)12-27-30)29-23(31)28-19-5-2-6-21(19)32-18-4-3-8-24-13-18/h3-4,7-14,19,21H,2,5-6H2,1H3,(H2,26,28,29,31)/t19-,21-/m0/s1. The molecule has 2 N–H and O–H groups in total. The summed E-state index contributed by atoms with van der Waals surface area (Å²) in [7, 11) is 0. The van der Waals surface area contributed by atoms with Crippen molar-refractivity contribution in [3.63, 3.8) is 0 Å². The molecular formula is C23H23N7O2. The van der Waals surface area contributed by atoms with E-state index in [1.807, 2.05) is 37.3 Å². The van der Waals surface area contributed by atoms with Crippen LogP contribution >= 0.6 is 0 Å². The van der Waals surface area contributed by atoms with Crippen LogP contribution in [0.1, 0.15) is 25.0 Å². The zero-order valence-electron chi connectivity index (χ0n) is 17.6. The predicted octanol–water partition coefficient (Wildman–Crippen LogP) is 3.64. The number of carbonyl (C=O) groups is 1. The molecule has 0 saturated heterocycles. The zero-order chi connectivity index (χ0) is 21.9. The summed E-state index contributed by atoms with van der Waals surface area (Å²) in [5.74, 6) is 1.17. The van der Waals surface area contributed by atoms with E-state index in [-0.39, 0.29) is 18.2 Å². The molecule has 2 amide bonds. The average Bonchev–Trinajstić information content (AvgIpc) is 3.41. The molecule has 4 aromatic rings. The van der Waals surface area contributed by atoms with E-state index in [2.05, 4.69) is 30.7 Å². The Bertz CT molecular complexity index is 1240. The molecule has 5 rings (SSSR count). The summed E-state index contributed by atoms with van der Waals surface area (Å²) < 4.78 is 7.82. The van der Waals surface area contributed by atoms with Crippen molar-refractivity contribution >= 4 is 22.8 Å². The number of aromatic nitrogens is 5. The summed E-state index contributed by atoms with van der Waals surface area (Å²) >= 11 is 0. The lowest BCUT2D eigenvalue weighted by atomic mass is 10.2. The highest BCUT2D eigenvalue weighted by Crippen LogP contribution is 2.25. The maximum atomic E-state index is 12.6. The summed E-state index contributed by atoms with van der Waals surface area (Å²) in [6, 6.07) is 8.98. The maximum absolute atomic E-state index is 12.6. The summed E-state index contributed by atoms with van der Waals surface area (Å²) in [4.78, 5) is 25.3. The summed E-state index contributed by atoms with van der Waals surface area (Å²) in [6.45, 7) is 1.94. The number of nitrogens with zero attached hydrogens (tertiary/aromatic N) is 5. The van der Waals surface area contributed by atoms with Crippen LogP contribution in [0.2, 0.25) is 0 Å². The first-order valence-corrected chi connectivity index (χ1v) is 10.6. The second-order valence-corrected chi connectivity index (χ2v) is 7.82. The molecule has 0 bridgehead atoms. The highest BCUT2D eigenvalue weighted by Gasteiger charge is 2.30. The van der Waals surface area contributed by atoms with Crippen molar-refractivity contribution in [1.82, 2.24) is 30.0 Å². The third-order valence-electron chi connectivity index (χ3n) is 5.51. The van der Waals surface area contributed by atoms with Gasteiger partial charge in [0.25, 0.3) is 0 Å². The fourth-order valence-corrected chi connectivity index (χ4v) is 4.01. The van der Waals surface area contributed by atoms with Crippen molar-refractivity contribution in [2.45, 2.75) is 38.3 Å². The van der Waals surface area contributed by atoms with Gasteiger partial charge < -0.3 is 10.1 Å².